The number of hydrogen-bond acceptors (Lipinski definition) is 3. The monoisotopic (exact) mass is 374 g/mol. The molecule has 1 amide bonds. The van der Waals surface area contributed by atoms with E-state index in [9.17, 15) is 9.18 Å². The van der Waals surface area contributed by atoms with Crippen LogP contribution in [0.15, 0.2) is 24.4 Å². The van der Waals surface area contributed by atoms with Gasteiger partial charge in [-0.05, 0) is 50.2 Å². The van der Waals surface area contributed by atoms with Gasteiger partial charge in [0.2, 0.25) is 0 Å². The highest BCUT2D eigenvalue weighted by atomic mass is 35.5. The summed E-state index contributed by atoms with van der Waals surface area (Å²) in [5.41, 5.74) is 2.95. The van der Waals surface area contributed by atoms with Crippen LogP contribution in [-0.2, 0) is 4.79 Å². The Bertz CT molecular complexity index is 855. The molecule has 0 aliphatic carbocycles. The largest absolute Gasteiger partial charge is 0.342 e. The number of aromatic amines is 1. The van der Waals surface area contributed by atoms with Crippen molar-refractivity contribution in [2.45, 2.75) is 18.8 Å². The summed E-state index contributed by atoms with van der Waals surface area (Å²) in [6.45, 7) is 2.00. The fraction of sp³-hybridized carbons (Fsp3) is 0.368. The number of rotatable bonds is 4. The molecule has 0 radical (unpaired) electrons. The van der Waals surface area contributed by atoms with Crippen molar-refractivity contribution >= 4 is 34.8 Å². The number of H-pyrrole nitrogens is 1. The number of alkyl halides is 1. The number of likely N-dealkylation sites (tertiary alicyclic amines) is 1. The minimum atomic E-state index is -0.295. The van der Waals surface area contributed by atoms with Crippen molar-refractivity contribution in [3.63, 3.8) is 0 Å². The molecule has 2 aliphatic rings. The van der Waals surface area contributed by atoms with Crippen molar-refractivity contribution in [1.29, 1.82) is 0 Å². The van der Waals surface area contributed by atoms with Crippen LogP contribution in [-0.4, -0.2) is 47.1 Å². The van der Waals surface area contributed by atoms with Gasteiger partial charge in [-0.25, -0.2) is 9.37 Å². The third-order valence-corrected chi connectivity index (χ3v) is 5.29. The quantitative estimate of drug-likeness (QED) is 0.802. The molecule has 0 unspecified atom stereocenters. The van der Waals surface area contributed by atoms with Gasteiger partial charge < -0.3 is 15.2 Å². The molecular formula is C19H20ClFN4O. The Labute approximate surface area is 156 Å². The summed E-state index contributed by atoms with van der Waals surface area (Å²) in [6, 6.07) is 5.35. The predicted molar refractivity (Wildman–Crippen MR) is 101 cm³/mol. The smallest absolute Gasteiger partial charge is 0.256 e. The second kappa shape index (κ2) is 7.21. The topological polar surface area (TPSA) is 61.0 Å². The summed E-state index contributed by atoms with van der Waals surface area (Å²) in [5, 5.41) is 3.44. The Balaban J connectivity index is 1.52. The number of carbonyl (C=O) groups excluding carboxylic acids is 1. The van der Waals surface area contributed by atoms with Gasteiger partial charge in [-0.3, -0.25) is 4.79 Å². The van der Waals surface area contributed by atoms with Gasteiger partial charge in [0.05, 0.1) is 17.5 Å². The number of benzene rings is 1. The number of aromatic nitrogens is 2. The first-order valence-electron chi connectivity index (χ1n) is 8.80. The van der Waals surface area contributed by atoms with E-state index in [0.29, 0.717) is 23.1 Å². The lowest BCUT2D eigenvalue weighted by Gasteiger charge is -2.30. The van der Waals surface area contributed by atoms with Gasteiger partial charge >= 0.3 is 0 Å². The number of fused-ring (bicyclic) bond motifs is 1. The third-order valence-electron chi connectivity index (χ3n) is 5.05. The standard InChI is InChI=1S/C19H20ClFN4O/c20-13-1-2-17-15(9-13)16(19(26)24-17)10-14-11-22-18(23-14)12-3-6-25(7-4-12)8-5-21/h1-2,9-12H,3-8H2,(H,22,23)(H,24,26). The molecule has 3 heterocycles. The van der Waals surface area contributed by atoms with Crippen LogP contribution in [0, 0.1) is 0 Å². The molecular weight excluding hydrogens is 355 g/mol. The zero-order valence-corrected chi connectivity index (χ0v) is 15.0. The lowest BCUT2D eigenvalue weighted by Crippen LogP contribution is -2.34. The van der Waals surface area contributed by atoms with Gasteiger partial charge in [-0.15, -0.1) is 0 Å². The Kier molecular flexibility index (Phi) is 4.78. The average molecular weight is 375 g/mol. The zero-order chi connectivity index (χ0) is 18.1. The van der Waals surface area contributed by atoms with Crippen LogP contribution in [0.3, 0.4) is 0 Å². The van der Waals surface area contributed by atoms with E-state index in [-0.39, 0.29) is 12.6 Å². The molecule has 2 aliphatic heterocycles. The molecule has 2 N–H and O–H groups in total. The third kappa shape index (κ3) is 3.39. The Morgan fingerprint density at radius 1 is 1.35 bits per heavy atom. The SMILES string of the molecule is O=C1Nc2ccc(Cl)cc2C1=Cc1cnc(C2CCN(CCF)CC2)[nH]1. The van der Waals surface area contributed by atoms with E-state index in [0.717, 1.165) is 48.7 Å². The highest BCUT2D eigenvalue weighted by Crippen LogP contribution is 2.35. The first kappa shape index (κ1) is 17.2. The minimum absolute atomic E-state index is 0.141. The number of nitrogens with zero attached hydrogens (tertiary/aromatic N) is 2. The summed E-state index contributed by atoms with van der Waals surface area (Å²) in [4.78, 5) is 22.2. The molecule has 0 saturated carbocycles. The maximum Gasteiger partial charge on any atom is 0.256 e. The highest BCUT2D eigenvalue weighted by Gasteiger charge is 2.25. The zero-order valence-electron chi connectivity index (χ0n) is 14.3. The molecule has 4 rings (SSSR count). The maximum absolute atomic E-state index is 12.4. The maximum atomic E-state index is 12.4. The molecule has 7 heteroatoms. The van der Waals surface area contributed by atoms with Gasteiger partial charge in [0, 0.05) is 28.7 Å². The van der Waals surface area contributed by atoms with Crippen LogP contribution < -0.4 is 5.32 Å². The summed E-state index contributed by atoms with van der Waals surface area (Å²) >= 11 is 6.07. The van der Waals surface area contributed by atoms with E-state index in [1.54, 1.807) is 24.4 Å². The van der Waals surface area contributed by atoms with E-state index >= 15 is 0 Å². The van der Waals surface area contributed by atoms with Crippen molar-refractivity contribution in [2.75, 3.05) is 31.6 Å². The fourth-order valence-electron chi connectivity index (χ4n) is 3.64. The minimum Gasteiger partial charge on any atom is -0.342 e. The molecule has 136 valence electrons. The molecule has 26 heavy (non-hydrogen) atoms. The normalized spacial score (nSPS) is 19.8. The summed E-state index contributed by atoms with van der Waals surface area (Å²) in [5.74, 6) is 1.14. The van der Waals surface area contributed by atoms with E-state index in [4.69, 9.17) is 11.6 Å². The number of nitrogens with one attached hydrogen (secondary N) is 2. The van der Waals surface area contributed by atoms with Crippen molar-refractivity contribution in [3.05, 3.63) is 46.5 Å². The van der Waals surface area contributed by atoms with E-state index in [1.165, 1.54) is 0 Å². The van der Waals surface area contributed by atoms with Crippen molar-refractivity contribution < 1.29 is 9.18 Å². The number of carbonyl (C=O) groups is 1. The first-order valence-corrected chi connectivity index (χ1v) is 9.18. The Hall–Kier alpha value is -2.18. The molecule has 1 saturated heterocycles. The van der Waals surface area contributed by atoms with Crippen LogP contribution in [0.4, 0.5) is 10.1 Å². The molecule has 0 bridgehead atoms. The summed E-state index contributed by atoms with van der Waals surface area (Å²) < 4.78 is 12.4. The van der Waals surface area contributed by atoms with Crippen LogP contribution in [0.2, 0.25) is 5.02 Å². The lowest BCUT2D eigenvalue weighted by atomic mass is 9.96. The van der Waals surface area contributed by atoms with Crippen LogP contribution in [0.1, 0.15) is 35.8 Å². The van der Waals surface area contributed by atoms with Gasteiger partial charge in [0.1, 0.15) is 12.5 Å². The van der Waals surface area contributed by atoms with Gasteiger partial charge in [-0.2, -0.15) is 0 Å². The van der Waals surface area contributed by atoms with E-state index < -0.39 is 0 Å². The molecule has 5 nitrogen and oxygen atoms in total. The number of imidazole rings is 1. The highest BCUT2D eigenvalue weighted by molar-refractivity contribution is 6.36. The van der Waals surface area contributed by atoms with Crippen molar-refractivity contribution in [2.24, 2.45) is 0 Å². The molecule has 1 aromatic carbocycles. The van der Waals surface area contributed by atoms with Crippen LogP contribution in [0.25, 0.3) is 11.6 Å². The van der Waals surface area contributed by atoms with Crippen molar-refractivity contribution in [3.8, 4) is 0 Å². The lowest BCUT2D eigenvalue weighted by molar-refractivity contribution is -0.110. The number of amides is 1. The molecule has 1 fully saturated rings. The Morgan fingerprint density at radius 2 is 2.15 bits per heavy atom. The number of piperidine rings is 1. The van der Waals surface area contributed by atoms with E-state index in [1.807, 2.05) is 6.08 Å². The van der Waals surface area contributed by atoms with Gasteiger partial charge in [0.15, 0.2) is 0 Å². The first-order chi connectivity index (χ1) is 12.6. The molecule has 0 atom stereocenters. The predicted octanol–water partition coefficient (Wildman–Crippen LogP) is 3.70. The molecule has 0 spiro atoms. The Morgan fingerprint density at radius 3 is 2.92 bits per heavy atom. The van der Waals surface area contributed by atoms with Crippen molar-refractivity contribution in [1.82, 2.24) is 14.9 Å². The second-order valence-corrected chi connectivity index (χ2v) is 7.17. The number of hydrogen-bond donors (Lipinski definition) is 2. The summed E-state index contributed by atoms with van der Waals surface area (Å²) in [6.07, 6.45) is 5.49. The second-order valence-electron chi connectivity index (χ2n) is 6.73. The average Bonchev–Trinajstić information content (AvgIpc) is 3.22. The fourth-order valence-corrected chi connectivity index (χ4v) is 3.81. The number of halogens is 2. The van der Waals surface area contributed by atoms with Crippen LogP contribution >= 0.6 is 11.6 Å². The molecule has 2 aromatic rings. The van der Waals surface area contributed by atoms with Gasteiger partial charge in [-0.1, -0.05) is 11.6 Å². The van der Waals surface area contributed by atoms with Gasteiger partial charge in [0.25, 0.3) is 5.91 Å². The van der Waals surface area contributed by atoms with Crippen LogP contribution in [0.5, 0.6) is 0 Å². The summed E-state index contributed by atoms with van der Waals surface area (Å²) in [7, 11) is 0. The number of anilines is 1. The molecule has 1 aromatic heterocycles. The van der Waals surface area contributed by atoms with E-state index in [2.05, 4.69) is 20.2 Å².